The first-order valence-corrected chi connectivity index (χ1v) is 8.67. The molecule has 1 aromatic rings. The Hall–Kier alpha value is -0.980. The van der Waals surface area contributed by atoms with Gasteiger partial charge in [-0.1, -0.05) is 44.5 Å². The molecule has 0 spiro atoms. The van der Waals surface area contributed by atoms with Gasteiger partial charge in [0.2, 0.25) is 10.0 Å². The van der Waals surface area contributed by atoms with Gasteiger partial charge in [0.25, 0.3) is 0 Å². The molecule has 0 fully saturated rings. The first kappa shape index (κ1) is 17.1. The Morgan fingerprint density at radius 3 is 2.55 bits per heavy atom. The summed E-state index contributed by atoms with van der Waals surface area (Å²) in [5, 5.41) is 0. The van der Waals surface area contributed by atoms with Crippen LogP contribution in [0.25, 0.3) is 0 Å². The zero-order chi connectivity index (χ0) is 15.2. The van der Waals surface area contributed by atoms with Crippen LogP contribution in [-0.2, 0) is 10.0 Å². The van der Waals surface area contributed by atoms with Gasteiger partial charge in [0.1, 0.15) is 4.99 Å². The molecule has 0 aliphatic heterocycles. The maximum Gasteiger partial charge on any atom is 0.240 e. The van der Waals surface area contributed by atoms with Crippen LogP contribution in [0.1, 0.15) is 43.7 Å². The molecule has 0 aliphatic rings. The molecule has 0 atom stereocenters. The van der Waals surface area contributed by atoms with E-state index >= 15 is 0 Å². The topological polar surface area (TPSA) is 72.2 Å². The van der Waals surface area contributed by atoms with Crippen LogP contribution in [0.4, 0.5) is 0 Å². The van der Waals surface area contributed by atoms with Gasteiger partial charge in [-0.3, -0.25) is 0 Å². The number of hydrogen-bond acceptors (Lipinski definition) is 3. The fourth-order valence-electron chi connectivity index (χ4n) is 1.94. The van der Waals surface area contributed by atoms with Crippen LogP contribution >= 0.6 is 12.2 Å². The molecule has 0 bridgehead atoms. The molecule has 1 aromatic carbocycles. The molecule has 20 heavy (non-hydrogen) atoms. The second-order valence-corrected chi connectivity index (χ2v) is 6.98. The molecule has 6 heteroatoms. The number of benzene rings is 1. The monoisotopic (exact) mass is 314 g/mol. The van der Waals surface area contributed by atoms with Gasteiger partial charge < -0.3 is 5.73 Å². The van der Waals surface area contributed by atoms with E-state index in [1.165, 1.54) is 0 Å². The zero-order valence-electron chi connectivity index (χ0n) is 12.0. The Bertz CT molecular complexity index is 569. The summed E-state index contributed by atoms with van der Waals surface area (Å²) in [5.74, 6) is 0. The van der Waals surface area contributed by atoms with Crippen LogP contribution in [0, 0.1) is 6.92 Å². The number of thiocarbonyl (C=S) groups is 1. The molecular weight excluding hydrogens is 292 g/mol. The van der Waals surface area contributed by atoms with E-state index < -0.39 is 10.0 Å². The summed E-state index contributed by atoms with van der Waals surface area (Å²) in [7, 11) is -3.45. The molecule has 0 saturated carbocycles. The maximum atomic E-state index is 12.2. The number of rotatable bonds is 8. The van der Waals surface area contributed by atoms with E-state index in [9.17, 15) is 8.42 Å². The Morgan fingerprint density at radius 2 is 2.00 bits per heavy atom. The normalized spacial score (nSPS) is 11.5. The van der Waals surface area contributed by atoms with Crippen LogP contribution in [0.2, 0.25) is 0 Å². The first-order valence-electron chi connectivity index (χ1n) is 6.78. The molecule has 0 radical (unpaired) electrons. The van der Waals surface area contributed by atoms with E-state index in [1.807, 2.05) is 0 Å². The maximum absolute atomic E-state index is 12.2. The van der Waals surface area contributed by atoms with E-state index in [0.29, 0.717) is 17.7 Å². The summed E-state index contributed by atoms with van der Waals surface area (Å²) in [6.45, 7) is 4.34. The number of nitrogens with one attached hydrogen (secondary N) is 1. The molecule has 0 heterocycles. The average molecular weight is 314 g/mol. The third-order valence-corrected chi connectivity index (χ3v) is 4.93. The van der Waals surface area contributed by atoms with Crippen LogP contribution in [-0.4, -0.2) is 20.0 Å². The Morgan fingerprint density at radius 1 is 1.30 bits per heavy atom. The number of unbranched alkanes of at least 4 members (excludes halogenated alkanes) is 3. The lowest BCUT2D eigenvalue weighted by Gasteiger charge is -2.10. The van der Waals surface area contributed by atoms with Crippen molar-refractivity contribution in [1.29, 1.82) is 0 Å². The largest absolute Gasteiger partial charge is 0.389 e. The molecular formula is C14H22N2O2S2. The van der Waals surface area contributed by atoms with Crippen molar-refractivity contribution in [1.82, 2.24) is 4.72 Å². The molecule has 1 rings (SSSR count). The minimum atomic E-state index is -3.45. The van der Waals surface area contributed by atoms with Crippen molar-refractivity contribution in [3.8, 4) is 0 Å². The van der Waals surface area contributed by atoms with E-state index in [0.717, 1.165) is 25.7 Å². The van der Waals surface area contributed by atoms with Gasteiger partial charge in [-0.15, -0.1) is 0 Å². The minimum absolute atomic E-state index is 0.268. The van der Waals surface area contributed by atoms with Crippen molar-refractivity contribution in [3.05, 3.63) is 29.3 Å². The van der Waals surface area contributed by atoms with E-state index in [2.05, 4.69) is 11.6 Å². The summed E-state index contributed by atoms with van der Waals surface area (Å²) in [6.07, 6.45) is 4.16. The van der Waals surface area contributed by atoms with Gasteiger partial charge in [0, 0.05) is 12.1 Å². The van der Waals surface area contributed by atoms with Gasteiger partial charge in [0.05, 0.1) is 4.90 Å². The van der Waals surface area contributed by atoms with Gasteiger partial charge >= 0.3 is 0 Å². The molecule has 4 nitrogen and oxygen atoms in total. The molecule has 3 N–H and O–H groups in total. The summed E-state index contributed by atoms with van der Waals surface area (Å²) in [4.78, 5) is 0.553. The lowest BCUT2D eigenvalue weighted by atomic mass is 10.1. The SMILES string of the molecule is CCCCCCNS(=O)(=O)c1ccc(C(N)=S)cc1C. The van der Waals surface area contributed by atoms with Crippen LogP contribution in [0.3, 0.4) is 0 Å². The van der Waals surface area contributed by atoms with Crippen LogP contribution in [0.15, 0.2) is 23.1 Å². The molecule has 112 valence electrons. The molecule has 0 aliphatic carbocycles. The zero-order valence-corrected chi connectivity index (χ0v) is 13.6. The average Bonchev–Trinajstić information content (AvgIpc) is 2.37. The van der Waals surface area contributed by atoms with E-state index in [1.54, 1.807) is 25.1 Å². The highest BCUT2D eigenvalue weighted by Gasteiger charge is 2.16. The van der Waals surface area contributed by atoms with Crippen molar-refractivity contribution < 1.29 is 8.42 Å². The first-order chi connectivity index (χ1) is 9.38. The fourth-order valence-corrected chi connectivity index (χ4v) is 3.37. The quantitative estimate of drug-likeness (QED) is 0.571. The van der Waals surface area contributed by atoms with Crippen molar-refractivity contribution >= 4 is 27.2 Å². The number of nitrogens with two attached hydrogens (primary N) is 1. The van der Waals surface area contributed by atoms with Crippen LogP contribution in [0.5, 0.6) is 0 Å². The minimum Gasteiger partial charge on any atom is -0.389 e. The highest BCUT2D eigenvalue weighted by Crippen LogP contribution is 2.16. The van der Waals surface area contributed by atoms with Gasteiger partial charge in [-0.25, -0.2) is 13.1 Å². The lowest BCUT2D eigenvalue weighted by molar-refractivity contribution is 0.573. The molecule has 0 aromatic heterocycles. The number of hydrogen-bond donors (Lipinski definition) is 2. The third-order valence-electron chi connectivity index (χ3n) is 3.07. The number of sulfonamides is 1. The summed E-state index contributed by atoms with van der Waals surface area (Å²) in [5.41, 5.74) is 6.86. The van der Waals surface area contributed by atoms with E-state index in [4.69, 9.17) is 18.0 Å². The van der Waals surface area contributed by atoms with E-state index in [-0.39, 0.29) is 9.88 Å². The molecule has 0 unspecified atom stereocenters. The van der Waals surface area contributed by atoms with Gasteiger partial charge in [0.15, 0.2) is 0 Å². The van der Waals surface area contributed by atoms with Gasteiger partial charge in [-0.05, 0) is 31.0 Å². The smallest absolute Gasteiger partial charge is 0.240 e. The van der Waals surface area contributed by atoms with Gasteiger partial charge in [-0.2, -0.15) is 0 Å². The summed E-state index contributed by atoms with van der Waals surface area (Å²) >= 11 is 4.88. The highest BCUT2D eigenvalue weighted by molar-refractivity contribution is 7.89. The lowest BCUT2D eigenvalue weighted by Crippen LogP contribution is -2.25. The third kappa shape index (κ3) is 4.85. The van der Waals surface area contributed by atoms with Crippen molar-refractivity contribution in [2.45, 2.75) is 44.4 Å². The Labute approximate surface area is 126 Å². The summed E-state index contributed by atoms with van der Waals surface area (Å²) < 4.78 is 27.0. The molecule has 0 amide bonds. The van der Waals surface area contributed by atoms with Crippen molar-refractivity contribution in [3.63, 3.8) is 0 Å². The Kier molecular flexibility index (Phi) is 6.58. The predicted octanol–water partition coefficient (Wildman–Crippen LogP) is 2.49. The highest BCUT2D eigenvalue weighted by atomic mass is 32.2. The second kappa shape index (κ2) is 7.71. The van der Waals surface area contributed by atoms with Crippen LogP contribution < -0.4 is 10.5 Å². The second-order valence-electron chi connectivity index (χ2n) is 4.80. The number of aryl methyl sites for hydroxylation is 1. The Balaban J connectivity index is 2.75. The molecule has 0 saturated heterocycles. The fraction of sp³-hybridized carbons (Fsp3) is 0.500. The van der Waals surface area contributed by atoms with Crippen molar-refractivity contribution in [2.24, 2.45) is 5.73 Å². The summed E-state index contributed by atoms with van der Waals surface area (Å²) in [6, 6.07) is 4.90. The predicted molar refractivity (Wildman–Crippen MR) is 86.4 cm³/mol. The van der Waals surface area contributed by atoms with Crippen molar-refractivity contribution in [2.75, 3.05) is 6.54 Å². The standard InChI is InChI=1S/C14H22N2O2S2/c1-3-4-5-6-9-16-20(17,18)13-8-7-12(14(15)19)10-11(13)2/h7-8,10,16H,3-6,9H2,1-2H3,(H2,15,19).